The number of benzene rings is 2. The maximum Gasteiger partial charge on any atom is 0.335 e. The van der Waals surface area contributed by atoms with Gasteiger partial charge in [0.2, 0.25) is 0 Å². The van der Waals surface area contributed by atoms with E-state index in [2.05, 4.69) is 33.6 Å². The smallest absolute Gasteiger partial charge is 0.335 e. The minimum atomic E-state index is -0.912. The number of rotatable bonds is 3. The molecule has 2 aliphatic heterocycles. The number of carboxylic acids is 1. The topological polar surface area (TPSA) is 64.9 Å². The normalized spacial score (nSPS) is 18.5. The van der Waals surface area contributed by atoms with E-state index in [1.165, 1.54) is 0 Å². The van der Waals surface area contributed by atoms with Crippen molar-refractivity contribution in [2.75, 3.05) is 4.90 Å². The monoisotopic (exact) mass is 345 g/mol. The van der Waals surface area contributed by atoms with Gasteiger partial charge in [0.15, 0.2) is 0 Å². The zero-order valence-corrected chi connectivity index (χ0v) is 14.2. The van der Waals surface area contributed by atoms with Crippen molar-refractivity contribution < 1.29 is 9.90 Å². The number of carboxylic acid groups (broad SMARTS) is 1. The number of aromatic carboxylic acids is 1. The van der Waals surface area contributed by atoms with Gasteiger partial charge in [0, 0.05) is 17.6 Å². The van der Waals surface area contributed by atoms with E-state index in [4.69, 9.17) is 0 Å². The molecule has 5 heteroatoms. The SMILES string of the molecule is O=C(O)c1ccc2c(c1)N(c1ccccc1)C(C1=CC=CNN=C1)CC2. The Labute approximate surface area is 152 Å². The minimum absolute atomic E-state index is 0.0854. The van der Waals surface area contributed by atoms with E-state index in [1.54, 1.807) is 18.3 Å². The number of hydrogen-bond acceptors (Lipinski definition) is 4. The van der Waals surface area contributed by atoms with Crippen LogP contribution in [0.3, 0.4) is 0 Å². The molecule has 26 heavy (non-hydrogen) atoms. The zero-order valence-electron chi connectivity index (χ0n) is 14.2. The van der Waals surface area contributed by atoms with Crippen molar-refractivity contribution in [2.45, 2.75) is 18.9 Å². The first-order valence-corrected chi connectivity index (χ1v) is 8.60. The second kappa shape index (κ2) is 6.88. The van der Waals surface area contributed by atoms with Gasteiger partial charge >= 0.3 is 5.97 Å². The molecule has 0 saturated carbocycles. The van der Waals surface area contributed by atoms with Gasteiger partial charge in [0.1, 0.15) is 0 Å². The maximum absolute atomic E-state index is 11.5. The molecule has 0 saturated heterocycles. The highest BCUT2D eigenvalue weighted by molar-refractivity contribution is 5.91. The number of nitrogens with zero attached hydrogens (tertiary/aromatic N) is 2. The number of fused-ring (bicyclic) bond motifs is 1. The van der Waals surface area contributed by atoms with Gasteiger partial charge in [-0.2, -0.15) is 5.10 Å². The minimum Gasteiger partial charge on any atom is -0.478 e. The molecule has 2 N–H and O–H groups in total. The number of nitrogens with one attached hydrogen (secondary N) is 1. The van der Waals surface area contributed by atoms with Crippen LogP contribution in [0.4, 0.5) is 11.4 Å². The number of aryl methyl sites for hydroxylation is 1. The summed E-state index contributed by atoms with van der Waals surface area (Å²) in [4.78, 5) is 13.7. The second-order valence-corrected chi connectivity index (χ2v) is 6.32. The van der Waals surface area contributed by atoms with E-state index in [-0.39, 0.29) is 6.04 Å². The quantitative estimate of drug-likeness (QED) is 0.886. The zero-order chi connectivity index (χ0) is 17.9. The molecule has 2 aromatic carbocycles. The molecule has 0 radical (unpaired) electrons. The van der Waals surface area contributed by atoms with Crippen molar-refractivity contribution in [3.63, 3.8) is 0 Å². The fourth-order valence-corrected chi connectivity index (χ4v) is 3.54. The first-order valence-electron chi connectivity index (χ1n) is 8.60. The van der Waals surface area contributed by atoms with Gasteiger partial charge < -0.3 is 10.0 Å². The summed E-state index contributed by atoms with van der Waals surface area (Å²) in [6, 6.07) is 15.6. The first kappa shape index (κ1) is 16.1. The average molecular weight is 345 g/mol. The lowest BCUT2D eigenvalue weighted by atomic mass is 9.89. The van der Waals surface area contributed by atoms with Crippen molar-refractivity contribution in [3.8, 4) is 0 Å². The average Bonchev–Trinajstić information content (AvgIpc) is 2.96. The molecule has 0 spiro atoms. The Kier molecular flexibility index (Phi) is 4.27. The van der Waals surface area contributed by atoms with Gasteiger partial charge in [0.25, 0.3) is 0 Å². The van der Waals surface area contributed by atoms with E-state index in [0.717, 1.165) is 35.4 Å². The molecular formula is C21H19N3O2. The van der Waals surface area contributed by atoms with Crippen LogP contribution in [0.1, 0.15) is 22.3 Å². The Balaban J connectivity index is 1.86. The van der Waals surface area contributed by atoms with Crippen LogP contribution in [0.25, 0.3) is 0 Å². The molecule has 1 unspecified atom stereocenters. The van der Waals surface area contributed by atoms with Crippen LogP contribution < -0.4 is 10.3 Å². The number of carbonyl (C=O) groups is 1. The second-order valence-electron chi connectivity index (χ2n) is 6.32. The lowest BCUT2D eigenvalue weighted by Gasteiger charge is -2.39. The Hall–Kier alpha value is -3.34. The fourth-order valence-electron chi connectivity index (χ4n) is 3.54. The summed E-state index contributed by atoms with van der Waals surface area (Å²) in [6.45, 7) is 0. The van der Waals surface area contributed by atoms with Crippen LogP contribution in [0.2, 0.25) is 0 Å². The highest BCUT2D eigenvalue weighted by Gasteiger charge is 2.30. The van der Waals surface area contributed by atoms with E-state index < -0.39 is 5.97 Å². The Morgan fingerprint density at radius 3 is 2.85 bits per heavy atom. The van der Waals surface area contributed by atoms with Crippen LogP contribution in [-0.2, 0) is 6.42 Å². The van der Waals surface area contributed by atoms with E-state index in [9.17, 15) is 9.90 Å². The summed E-state index contributed by atoms with van der Waals surface area (Å²) in [5.74, 6) is -0.912. The number of allylic oxidation sites excluding steroid dienone is 2. The fraction of sp³-hybridized carbons (Fsp3) is 0.143. The summed E-state index contributed by atoms with van der Waals surface area (Å²) in [5.41, 5.74) is 7.39. The van der Waals surface area contributed by atoms with E-state index >= 15 is 0 Å². The predicted octanol–water partition coefficient (Wildman–Crippen LogP) is 3.87. The van der Waals surface area contributed by atoms with Gasteiger partial charge in [-0.1, -0.05) is 30.3 Å². The Bertz CT molecular complexity index is 916. The number of anilines is 2. The molecule has 5 nitrogen and oxygen atoms in total. The lowest BCUT2D eigenvalue weighted by molar-refractivity contribution is 0.0697. The molecule has 0 aromatic heterocycles. The van der Waals surface area contributed by atoms with Crippen molar-refractivity contribution in [1.82, 2.24) is 5.43 Å². The van der Waals surface area contributed by atoms with Gasteiger partial charge in [-0.25, -0.2) is 4.79 Å². The van der Waals surface area contributed by atoms with Crippen LogP contribution >= 0.6 is 0 Å². The molecular weight excluding hydrogens is 326 g/mol. The van der Waals surface area contributed by atoms with Gasteiger partial charge in [-0.15, -0.1) is 0 Å². The van der Waals surface area contributed by atoms with E-state index in [0.29, 0.717) is 5.56 Å². The summed E-state index contributed by atoms with van der Waals surface area (Å²) >= 11 is 0. The summed E-state index contributed by atoms with van der Waals surface area (Å²) < 4.78 is 0. The van der Waals surface area contributed by atoms with Gasteiger partial charge in [-0.3, -0.25) is 5.43 Å². The summed E-state index contributed by atoms with van der Waals surface area (Å²) in [7, 11) is 0. The lowest BCUT2D eigenvalue weighted by Crippen LogP contribution is -2.37. The number of hydrazone groups is 1. The van der Waals surface area contributed by atoms with E-state index in [1.807, 2.05) is 36.6 Å². The van der Waals surface area contributed by atoms with Gasteiger partial charge in [-0.05, 0) is 54.3 Å². The third-order valence-corrected chi connectivity index (χ3v) is 4.76. The van der Waals surface area contributed by atoms with Crippen molar-refractivity contribution >= 4 is 23.6 Å². The summed E-state index contributed by atoms with van der Waals surface area (Å²) in [5, 5.41) is 13.6. The standard InChI is InChI=1S/C21H19N3O2/c25-21(26)16-9-8-15-10-11-19(17-5-4-12-22-23-14-17)24(20(15)13-16)18-6-2-1-3-7-18/h1-9,12-14,19,22H,10-11H2,(H,25,26). The molecule has 0 bridgehead atoms. The molecule has 2 aliphatic rings. The summed E-state index contributed by atoms with van der Waals surface area (Å²) in [6.07, 6.45) is 9.44. The van der Waals surface area contributed by atoms with Crippen LogP contribution in [0, 0.1) is 0 Å². The van der Waals surface area contributed by atoms with Crippen molar-refractivity contribution in [2.24, 2.45) is 5.10 Å². The first-order chi connectivity index (χ1) is 12.7. The Morgan fingerprint density at radius 2 is 2.04 bits per heavy atom. The molecule has 0 fully saturated rings. The molecule has 130 valence electrons. The third-order valence-electron chi connectivity index (χ3n) is 4.76. The van der Waals surface area contributed by atoms with Crippen molar-refractivity contribution in [1.29, 1.82) is 0 Å². The third kappa shape index (κ3) is 2.99. The highest BCUT2D eigenvalue weighted by atomic mass is 16.4. The number of para-hydroxylation sites is 1. The molecule has 1 atom stereocenters. The highest BCUT2D eigenvalue weighted by Crippen LogP contribution is 2.39. The molecule has 0 aliphatic carbocycles. The largest absolute Gasteiger partial charge is 0.478 e. The predicted molar refractivity (Wildman–Crippen MR) is 103 cm³/mol. The number of hydrogen-bond donors (Lipinski definition) is 2. The molecule has 0 amide bonds. The van der Waals surface area contributed by atoms with Crippen molar-refractivity contribution in [3.05, 3.63) is 83.6 Å². The Morgan fingerprint density at radius 1 is 1.19 bits per heavy atom. The van der Waals surface area contributed by atoms with Crippen LogP contribution in [0.5, 0.6) is 0 Å². The molecule has 2 heterocycles. The van der Waals surface area contributed by atoms with Crippen LogP contribution in [-0.4, -0.2) is 23.3 Å². The van der Waals surface area contributed by atoms with Gasteiger partial charge in [0.05, 0.1) is 17.8 Å². The molecule has 4 rings (SSSR count). The molecule has 2 aromatic rings. The maximum atomic E-state index is 11.5. The van der Waals surface area contributed by atoms with Crippen LogP contribution in [0.15, 0.2) is 77.6 Å².